The van der Waals surface area contributed by atoms with E-state index in [2.05, 4.69) is 15.7 Å². The van der Waals surface area contributed by atoms with Crippen molar-refractivity contribution in [3.05, 3.63) is 88.4 Å². The third-order valence-electron chi connectivity index (χ3n) is 5.88. The molecule has 184 valence electrons. The van der Waals surface area contributed by atoms with Gasteiger partial charge in [-0.15, -0.1) is 0 Å². The number of halogens is 3. The molecule has 0 saturated carbocycles. The molecule has 0 saturated heterocycles. The maximum atomic E-state index is 13.0. The Bertz CT molecular complexity index is 1270. The maximum absolute atomic E-state index is 13.0. The van der Waals surface area contributed by atoms with Crippen molar-refractivity contribution in [2.24, 2.45) is 0 Å². The molecule has 1 aliphatic carbocycles. The Kier molecular flexibility index (Phi) is 6.84. The minimum absolute atomic E-state index is 0.0160. The van der Waals surface area contributed by atoms with Crippen molar-refractivity contribution >= 4 is 28.7 Å². The van der Waals surface area contributed by atoms with E-state index in [-0.39, 0.29) is 33.7 Å². The maximum Gasteiger partial charge on any atom is 0.416 e. The van der Waals surface area contributed by atoms with Crippen molar-refractivity contribution in [3.8, 4) is 5.69 Å². The monoisotopic (exact) mass is 502 g/mol. The predicted octanol–water partition coefficient (Wildman–Crippen LogP) is 5.60. The van der Waals surface area contributed by atoms with Crippen LogP contribution in [0.3, 0.4) is 0 Å². The highest BCUT2D eigenvalue weighted by Gasteiger charge is 2.31. The molecule has 35 heavy (non-hydrogen) atoms. The van der Waals surface area contributed by atoms with Crippen LogP contribution in [0.2, 0.25) is 0 Å². The van der Waals surface area contributed by atoms with E-state index in [1.165, 1.54) is 18.2 Å². The molecule has 1 heterocycles. The number of para-hydroxylation sites is 2. The lowest BCUT2D eigenvalue weighted by Crippen LogP contribution is -2.35. The zero-order valence-corrected chi connectivity index (χ0v) is 19.7. The number of aromatic nitrogens is 2. The van der Waals surface area contributed by atoms with Gasteiger partial charge < -0.3 is 21.1 Å². The lowest BCUT2D eigenvalue weighted by molar-refractivity contribution is -0.137. The Hall–Kier alpha value is -3.41. The van der Waals surface area contributed by atoms with Gasteiger partial charge in [-0.3, -0.25) is 5.21 Å². The molecule has 1 aliphatic rings. The summed E-state index contributed by atoms with van der Waals surface area (Å²) in [4.78, 5) is 0. The van der Waals surface area contributed by atoms with Crippen molar-refractivity contribution in [1.82, 2.24) is 15.1 Å². The van der Waals surface area contributed by atoms with Crippen molar-refractivity contribution in [2.45, 2.75) is 38.4 Å². The van der Waals surface area contributed by atoms with Crippen molar-refractivity contribution < 1.29 is 18.4 Å². The summed E-state index contributed by atoms with van der Waals surface area (Å²) in [7, 11) is 0. The molecule has 2 atom stereocenters. The standard InChI is InChI=1S/C24H23F3N5O2S/c1-14-22(15(2)31(30-14)20-8-3-4-9-21(20)32(33)34)16-10-11-19(12-16)29-23(35)28-18-7-5-6-17(13-18)24(25,26)27/h3-11,13,16,19,33H,12H2,1-2H3,(H2,28,29,35)/q-1/t16-,19-/m1/s1. The molecule has 3 N–H and O–H groups in total. The van der Waals surface area contributed by atoms with E-state index in [1.54, 1.807) is 22.9 Å². The van der Waals surface area contributed by atoms with E-state index in [0.717, 1.165) is 29.1 Å². The van der Waals surface area contributed by atoms with Gasteiger partial charge in [0.2, 0.25) is 0 Å². The summed E-state index contributed by atoms with van der Waals surface area (Å²) in [5, 5.41) is 31.6. The van der Waals surface area contributed by atoms with Gasteiger partial charge in [-0.2, -0.15) is 18.3 Å². The van der Waals surface area contributed by atoms with Crippen LogP contribution >= 0.6 is 12.2 Å². The van der Waals surface area contributed by atoms with E-state index in [0.29, 0.717) is 12.1 Å². The number of alkyl halides is 3. The highest BCUT2D eigenvalue weighted by atomic mass is 32.1. The first kappa shape index (κ1) is 24.7. The normalized spacial score (nSPS) is 17.5. The lowest BCUT2D eigenvalue weighted by Gasteiger charge is -2.24. The van der Waals surface area contributed by atoms with Gasteiger partial charge in [0.1, 0.15) is 0 Å². The number of anilines is 2. The van der Waals surface area contributed by atoms with E-state index in [4.69, 9.17) is 12.2 Å². The molecule has 0 aliphatic heterocycles. The number of nitrogens with one attached hydrogen (secondary N) is 2. The molecule has 0 amide bonds. The molecule has 0 unspecified atom stereocenters. The zero-order chi connectivity index (χ0) is 25.3. The van der Waals surface area contributed by atoms with Gasteiger partial charge in [-0.1, -0.05) is 30.4 Å². The Balaban J connectivity index is 1.45. The smallest absolute Gasteiger partial charge is 0.416 e. The largest absolute Gasteiger partial charge is 0.733 e. The predicted molar refractivity (Wildman–Crippen MR) is 132 cm³/mol. The van der Waals surface area contributed by atoms with E-state index >= 15 is 0 Å². The number of allylic oxidation sites excluding steroid dienone is 1. The summed E-state index contributed by atoms with van der Waals surface area (Å²) >= 11 is 5.31. The first-order chi connectivity index (χ1) is 16.5. The Morgan fingerprint density at radius 2 is 1.91 bits per heavy atom. The van der Waals surface area contributed by atoms with Crippen LogP contribution in [-0.4, -0.2) is 26.1 Å². The molecule has 3 aromatic rings. The van der Waals surface area contributed by atoms with E-state index < -0.39 is 11.7 Å². The average molecular weight is 503 g/mol. The molecule has 11 heteroatoms. The summed E-state index contributed by atoms with van der Waals surface area (Å²) in [6, 6.07) is 11.3. The number of benzene rings is 2. The summed E-state index contributed by atoms with van der Waals surface area (Å²) in [6.07, 6.45) is 0.219. The van der Waals surface area contributed by atoms with Gasteiger partial charge in [-0.05, 0) is 62.8 Å². The van der Waals surface area contributed by atoms with Crippen LogP contribution in [0.1, 0.15) is 34.9 Å². The van der Waals surface area contributed by atoms with Crippen LogP contribution < -0.4 is 15.9 Å². The number of hydrogen-bond acceptors (Lipinski definition) is 5. The van der Waals surface area contributed by atoms with Crippen molar-refractivity contribution in [3.63, 3.8) is 0 Å². The fourth-order valence-corrected chi connectivity index (χ4v) is 4.63. The molecule has 0 fully saturated rings. The molecule has 4 rings (SSSR count). The molecule has 0 spiro atoms. The minimum atomic E-state index is -4.43. The molecule has 2 aromatic carbocycles. The van der Waals surface area contributed by atoms with Gasteiger partial charge in [0.25, 0.3) is 0 Å². The molecule has 0 bridgehead atoms. The summed E-state index contributed by atoms with van der Waals surface area (Å²) < 4.78 is 40.5. The van der Waals surface area contributed by atoms with Gasteiger partial charge in [0, 0.05) is 28.9 Å². The van der Waals surface area contributed by atoms with Gasteiger partial charge in [0.05, 0.1) is 22.6 Å². The van der Waals surface area contributed by atoms with Crippen LogP contribution in [0.5, 0.6) is 0 Å². The molecular weight excluding hydrogens is 479 g/mol. The number of hydrogen-bond donors (Lipinski definition) is 3. The van der Waals surface area contributed by atoms with E-state index in [9.17, 15) is 23.6 Å². The third-order valence-corrected chi connectivity index (χ3v) is 6.10. The van der Waals surface area contributed by atoms with Gasteiger partial charge in [-0.25, -0.2) is 4.68 Å². The number of rotatable bonds is 5. The van der Waals surface area contributed by atoms with Gasteiger partial charge in [0.15, 0.2) is 5.11 Å². The van der Waals surface area contributed by atoms with Crippen LogP contribution in [0, 0.1) is 19.1 Å². The Morgan fingerprint density at radius 1 is 1.17 bits per heavy atom. The molecule has 1 aromatic heterocycles. The first-order valence-electron chi connectivity index (χ1n) is 10.8. The van der Waals surface area contributed by atoms with E-state index in [1.807, 2.05) is 26.0 Å². The number of thiocarbonyl (C=S) groups is 1. The summed E-state index contributed by atoms with van der Waals surface area (Å²) in [5.74, 6) is 0.0160. The van der Waals surface area contributed by atoms with Crippen molar-refractivity contribution in [1.29, 1.82) is 0 Å². The average Bonchev–Trinajstić information content (AvgIpc) is 3.36. The molecule has 7 nitrogen and oxygen atoms in total. The van der Waals surface area contributed by atoms with Gasteiger partial charge >= 0.3 is 6.18 Å². The second kappa shape index (κ2) is 9.68. The fourth-order valence-electron chi connectivity index (χ4n) is 4.36. The fraction of sp³-hybridized carbons (Fsp3) is 0.250. The summed E-state index contributed by atoms with van der Waals surface area (Å²) in [5.41, 5.74) is 2.64. The lowest BCUT2D eigenvalue weighted by atomic mass is 9.96. The first-order valence-corrected chi connectivity index (χ1v) is 11.2. The number of aryl methyl sites for hydroxylation is 1. The second-order valence-electron chi connectivity index (χ2n) is 8.27. The van der Waals surface area contributed by atoms with Crippen molar-refractivity contribution in [2.75, 3.05) is 10.5 Å². The quantitative estimate of drug-likeness (QED) is 0.238. The van der Waals surface area contributed by atoms with Crippen LogP contribution in [0.4, 0.5) is 24.5 Å². The van der Waals surface area contributed by atoms with Crippen LogP contribution in [0.25, 0.3) is 5.69 Å². The van der Waals surface area contributed by atoms with Crippen LogP contribution in [-0.2, 0) is 6.18 Å². The molecule has 0 radical (unpaired) electrons. The third kappa shape index (κ3) is 5.31. The second-order valence-corrected chi connectivity index (χ2v) is 8.68. The topological polar surface area (TPSA) is 88.4 Å². The zero-order valence-electron chi connectivity index (χ0n) is 18.9. The SMILES string of the molecule is Cc1nn(-c2ccccc2N([O-])O)c(C)c1[C@@H]1C=C[C@@H](NC(=S)Nc2cccc(C(F)(F)F)c2)C1. The highest BCUT2D eigenvalue weighted by Crippen LogP contribution is 2.35. The minimum Gasteiger partial charge on any atom is -0.733 e. The summed E-state index contributed by atoms with van der Waals surface area (Å²) in [6.45, 7) is 3.77. The molecular formula is C24H23F3N5O2S-. The Morgan fingerprint density at radius 3 is 2.63 bits per heavy atom. The highest BCUT2D eigenvalue weighted by molar-refractivity contribution is 7.80. The number of nitrogens with zero attached hydrogens (tertiary/aromatic N) is 3. The Labute approximate surface area is 205 Å². The van der Waals surface area contributed by atoms with Crippen LogP contribution in [0.15, 0.2) is 60.7 Å².